The largest absolute Gasteiger partial charge is 0.383 e. The van der Waals surface area contributed by atoms with Crippen molar-refractivity contribution in [3.63, 3.8) is 0 Å². The van der Waals surface area contributed by atoms with Crippen molar-refractivity contribution >= 4 is 15.9 Å². The number of ether oxygens (including phenoxy) is 1. The molecule has 0 aliphatic heterocycles. The van der Waals surface area contributed by atoms with Gasteiger partial charge >= 0.3 is 0 Å². The summed E-state index contributed by atoms with van der Waals surface area (Å²) in [6, 6.07) is 0. The van der Waals surface area contributed by atoms with Crippen LogP contribution in [0.3, 0.4) is 0 Å². The van der Waals surface area contributed by atoms with Crippen LogP contribution in [0.25, 0.3) is 0 Å². The number of halogens is 1. The lowest BCUT2D eigenvalue weighted by molar-refractivity contribution is 0.122. The maximum absolute atomic E-state index is 5.13. The van der Waals surface area contributed by atoms with Gasteiger partial charge in [0.15, 0.2) is 0 Å². The highest BCUT2D eigenvalue weighted by Gasteiger charge is 2.28. The zero-order chi connectivity index (χ0) is 12.4. The monoisotopic (exact) mass is 293 g/mol. The summed E-state index contributed by atoms with van der Waals surface area (Å²) in [6.07, 6.45) is 5.15. The zero-order valence-corrected chi connectivity index (χ0v) is 13.0. The summed E-state index contributed by atoms with van der Waals surface area (Å²) in [5.74, 6) is 0. The summed E-state index contributed by atoms with van der Waals surface area (Å²) in [5.41, 5.74) is 0.450. The highest BCUT2D eigenvalue weighted by atomic mass is 79.9. The topological polar surface area (TPSA) is 12.5 Å². The van der Waals surface area contributed by atoms with Gasteiger partial charge in [-0.15, -0.1) is 0 Å². The van der Waals surface area contributed by atoms with Crippen molar-refractivity contribution in [2.45, 2.75) is 39.5 Å². The Morgan fingerprint density at radius 2 is 1.75 bits per heavy atom. The molecule has 0 unspecified atom stereocenters. The fourth-order valence-electron chi connectivity index (χ4n) is 2.42. The van der Waals surface area contributed by atoms with Gasteiger partial charge in [-0.25, -0.2) is 0 Å². The number of alkyl halides is 1. The minimum absolute atomic E-state index is 0.450. The van der Waals surface area contributed by atoms with Crippen LogP contribution in [0.5, 0.6) is 0 Å². The molecule has 0 radical (unpaired) electrons. The van der Waals surface area contributed by atoms with E-state index in [2.05, 4.69) is 41.7 Å². The molecule has 0 aromatic carbocycles. The predicted molar refractivity (Wildman–Crippen MR) is 75.4 cm³/mol. The van der Waals surface area contributed by atoms with Crippen LogP contribution in [0.4, 0.5) is 0 Å². The van der Waals surface area contributed by atoms with E-state index in [-0.39, 0.29) is 0 Å². The van der Waals surface area contributed by atoms with Gasteiger partial charge in [0.05, 0.1) is 6.61 Å². The molecule has 0 bridgehead atoms. The van der Waals surface area contributed by atoms with Crippen molar-refractivity contribution in [1.82, 2.24) is 4.90 Å². The molecule has 98 valence electrons. The van der Waals surface area contributed by atoms with Crippen LogP contribution in [0.2, 0.25) is 0 Å². The van der Waals surface area contributed by atoms with Crippen molar-refractivity contribution in [2.75, 3.05) is 39.2 Å². The number of hydrogen-bond acceptors (Lipinski definition) is 2. The molecule has 0 aromatic rings. The Labute approximate surface area is 110 Å². The molecule has 0 N–H and O–H groups in total. The smallest absolute Gasteiger partial charge is 0.0589 e. The lowest BCUT2D eigenvalue weighted by atomic mass is 9.81. The Morgan fingerprint density at radius 3 is 2.12 bits per heavy atom. The number of methoxy groups -OCH3 is 1. The molecule has 0 saturated carbocycles. The molecular formula is C13H28BrNO. The summed E-state index contributed by atoms with van der Waals surface area (Å²) in [4.78, 5) is 2.40. The summed E-state index contributed by atoms with van der Waals surface area (Å²) in [7, 11) is 3.96. The first-order chi connectivity index (χ1) is 7.64. The van der Waals surface area contributed by atoms with E-state index < -0.39 is 0 Å². The van der Waals surface area contributed by atoms with Gasteiger partial charge in [-0.3, -0.25) is 0 Å². The second-order valence-electron chi connectivity index (χ2n) is 4.86. The molecule has 3 heteroatoms. The Morgan fingerprint density at radius 1 is 1.19 bits per heavy atom. The fraction of sp³-hybridized carbons (Fsp3) is 1.00. The van der Waals surface area contributed by atoms with Crippen molar-refractivity contribution < 1.29 is 4.74 Å². The predicted octanol–water partition coefficient (Wildman–Crippen LogP) is 3.55. The molecule has 0 fully saturated rings. The van der Waals surface area contributed by atoms with Crippen LogP contribution in [0, 0.1) is 5.41 Å². The number of likely N-dealkylation sites (N-methyl/N-ethyl adjacent to an activating group) is 1. The normalized spacial score (nSPS) is 12.4. The standard InChI is InChI=1S/C13H28BrNO/c1-5-7-13(11-14,8-6-2)12-15(3)9-10-16-4/h5-12H2,1-4H3. The molecule has 0 amide bonds. The number of nitrogens with zero attached hydrogens (tertiary/aromatic N) is 1. The van der Waals surface area contributed by atoms with E-state index >= 15 is 0 Å². The maximum Gasteiger partial charge on any atom is 0.0589 e. The number of hydrogen-bond donors (Lipinski definition) is 0. The van der Waals surface area contributed by atoms with Gasteiger partial charge in [-0.1, -0.05) is 42.6 Å². The van der Waals surface area contributed by atoms with Gasteiger partial charge in [0.2, 0.25) is 0 Å². The van der Waals surface area contributed by atoms with Gasteiger partial charge in [-0.2, -0.15) is 0 Å². The first-order valence-electron chi connectivity index (χ1n) is 6.37. The SMILES string of the molecule is CCCC(CBr)(CCC)CN(C)CCOC. The third-order valence-corrected chi connectivity index (χ3v) is 4.32. The third kappa shape index (κ3) is 6.21. The Balaban J connectivity index is 4.26. The van der Waals surface area contributed by atoms with Crippen LogP contribution >= 0.6 is 15.9 Å². The minimum Gasteiger partial charge on any atom is -0.383 e. The fourth-order valence-corrected chi connectivity index (χ4v) is 3.16. The van der Waals surface area contributed by atoms with Crippen LogP contribution in [0.1, 0.15) is 39.5 Å². The van der Waals surface area contributed by atoms with E-state index in [1.165, 1.54) is 32.2 Å². The van der Waals surface area contributed by atoms with Crippen molar-refractivity contribution in [2.24, 2.45) is 5.41 Å². The molecule has 0 saturated heterocycles. The van der Waals surface area contributed by atoms with E-state index in [9.17, 15) is 0 Å². The summed E-state index contributed by atoms with van der Waals surface area (Å²) >= 11 is 3.71. The van der Waals surface area contributed by atoms with Gasteiger partial charge in [0, 0.05) is 25.5 Å². The molecule has 2 nitrogen and oxygen atoms in total. The molecule has 16 heavy (non-hydrogen) atoms. The molecule has 0 aromatic heterocycles. The van der Waals surface area contributed by atoms with Crippen LogP contribution < -0.4 is 0 Å². The van der Waals surface area contributed by atoms with E-state index in [0.29, 0.717) is 5.41 Å². The van der Waals surface area contributed by atoms with Crippen molar-refractivity contribution in [1.29, 1.82) is 0 Å². The molecular weight excluding hydrogens is 266 g/mol. The lowest BCUT2D eigenvalue weighted by Crippen LogP contribution is -2.38. The van der Waals surface area contributed by atoms with E-state index in [1.54, 1.807) is 7.11 Å². The Kier molecular flexibility index (Phi) is 9.67. The van der Waals surface area contributed by atoms with Crippen LogP contribution in [-0.2, 0) is 4.74 Å². The lowest BCUT2D eigenvalue weighted by Gasteiger charge is -2.35. The quantitative estimate of drug-likeness (QED) is 0.571. The third-order valence-electron chi connectivity index (χ3n) is 3.13. The summed E-state index contributed by atoms with van der Waals surface area (Å²) < 4.78 is 5.13. The average Bonchev–Trinajstić information content (AvgIpc) is 2.27. The van der Waals surface area contributed by atoms with Gasteiger partial charge in [0.1, 0.15) is 0 Å². The van der Waals surface area contributed by atoms with Gasteiger partial charge in [-0.05, 0) is 25.3 Å². The second-order valence-corrected chi connectivity index (χ2v) is 5.42. The molecule has 0 aliphatic rings. The minimum atomic E-state index is 0.450. The highest BCUT2D eigenvalue weighted by Crippen LogP contribution is 2.32. The summed E-state index contributed by atoms with van der Waals surface area (Å²) in [6.45, 7) is 7.58. The summed E-state index contributed by atoms with van der Waals surface area (Å²) in [5, 5.41) is 1.11. The Hall–Kier alpha value is 0.400. The van der Waals surface area contributed by atoms with E-state index in [1.807, 2.05) is 0 Å². The van der Waals surface area contributed by atoms with Crippen molar-refractivity contribution in [3.05, 3.63) is 0 Å². The van der Waals surface area contributed by atoms with Gasteiger partial charge < -0.3 is 9.64 Å². The maximum atomic E-state index is 5.13. The average molecular weight is 294 g/mol. The van der Waals surface area contributed by atoms with E-state index in [4.69, 9.17) is 4.74 Å². The first kappa shape index (κ1) is 16.4. The number of rotatable bonds is 10. The van der Waals surface area contributed by atoms with Crippen LogP contribution in [0.15, 0.2) is 0 Å². The molecule has 0 rings (SSSR count). The van der Waals surface area contributed by atoms with E-state index in [0.717, 1.165) is 18.5 Å². The van der Waals surface area contributed by atoms with Crippen LogP contribution in [-0.4, -0.2) is 44.1 Å². The molecule has 0 heterocycles. The Bertz CT molecular complexity index is 158. The molecule has 0 spiro atoms. The molecule has 0 aliphatic carbocycles. The first-order valence-corrected chi connectivity index (χ1v) is 7.49. The molecule has 0 atom stereocenters. The zero-order valence-electron chi connectivity index (χ0n) is 11.4. The second kappa shape index (κ2) is 9.43. The highest BCUT2D eigenvalue weighted by molar-refractivity contribution is 9.09. The van der Waals surface area contributed by atoms with Gasteiger partial charge in [0.25, 0.3) is 0 Å². The van der Waals surface area contributed by atoms with Crippen molar-refractivity contribution in [3.8, 4) is 0 Å².